The molecular formula is C13H23CsI-. The van der Waals surface area contributed by atoms with E-state index in [0.29, 0.717) is 21.2 Å². The summed E-state index contributed by atoms with van der Waals surface area (Å²) in [5.74, 6) is 0. The summed E-state index contributed by atoms with van der Waals surface area (Å²) in [6.45, 7) is 8.68. The van der Waals surface area contributed by atoms with E-state index in [1.165, 1.54) is 19.3 Å². The van der Waals surface area contributed by atoms with E-state index in [1.54, 1.807) is 3.58 Å². The molecule has 0 N–H and O–H groups in total. The average Bonchev–Trinajstić information content (AvgIpc) is 2.22. The number of alkyl halides is 1. The van der Waals surface area contributed by atoms with Crippen LogP contribution in [-0.2, 0) is 0 Å². The zero-order chi connectivity index (χ0) is 10.8. The van der Waals surface area contributed by atoms with E-state index >= 15 is 0 Å². The van der Waals surface area contributed by atoms with E-state index in [4.69, 9.17) is 0 Å². The smallest absolute Gasteiger partial charge is 1.00 e. The maximum atomic E-state index is 3.24. The minimum atomic E-state index is 0. The molecule has 0 aliphatic heterocycles. The Kier molecular flexibility index (Phi) is 18.7. The molecule has 1 rings (SSSR count). The molecule has 0 fully saturated rings. The van der Waals surface area contributed by atoms with E-state index < -0.39 is 0 Å². The molecule has 1 atom stereocenters. The largest absolute Gasteiger partial charge is 1.00 e. The monoisotopic (exact) mass is 439 g/mol. The second-order valence-electron chi connectivity index (χ2n) is 3.16. The molecular weight excluding hydrogens is 416 g/mol. The van der Waals surface area contributed by atoms with Gasteiger partial charge in [0.05, 0.1) is 0 Å². The zero-order valence-corrected chi connectivity index (χ0v) is 19.4. The van der Waals surface area contributed by atoms with Crippen LogP contribution in [-0.4, -0.2) is 3.92 Å². The van der Waals surface area contributed by atoms with Gasteiger partial charge in [-0.25, -0.2) is 0 Å². The van der Waals surface area contributed by atoms with Gasteiger partial charge in [-0.1, -0.05) is 13.8 Å². The van der Waals surface area contributed by atoms with Crippen molar-refractivity contribution in [2.75, 3.05) is 0 Å². The average molecular weight is 439 g/mol. The van der Waals surface area contributed by atoms with Crippen molar-refractivity contribution >= 4 is 0 Å². The molecule has 15 heavy (non-hydrogen) atoms. The zero-order valence-electron chi connectivity index (χ0n) is 10.9. The first-order valence-corrected chi connectivity index (χ1v) is 8.04. The summed E-state index contributed by atoms with van der Waals surface area (Å²) >= 11 is 0.324. The molecule has 0 saturated heterocycles. The summed E-state index contributed by atoms with van der Waals surface area (Å²) in [5, 5.41) is 0. The van der Waals surface area contributed by atoms with Crippen LogP contribution in [0.3, 0.4) is 0 Å². The van der Waals surface area contributed by atoms with Crippen LogP contribution in [0.15, 0.2) is 15.7 Å². The number of halogens is 1. The summed E-state index contributed by atoms with van der Waals surface area (Å²) < 4.78 is 2.71. The fourth-order valence-electron chi connectivity index (χ4n) is 1.29. The van der Waals surface area contributed by atoms with Crippen LogP contribution < -0.4 is 90.1 Å². The molecule has 0 aromatic heterocycles. The molecule has 0 amide bonds. The van der Waals surface area contributed by atoms with E-state index in [-0.39, 0.29) is 68.9 Å². The van der Waals surface area contributed by atoms with Crippen LogP contribution in [0.5, 0.6) is 0 Å². The minimum absolute atomic E-state index is 0. The molecule has 2 heteroatoms. The van der Waals surface area contributed by atoms with Gasteiger partial charge in [0, 0.05) is 0 Å². The number of hydrogen-bond acceptors (Lipinski definition) is 0. The molecule has 1 unspecified atom stereocenters. The molecule has 0 radical (unpaired) electrons. The Hall–Kier alpha value is 2.26. The van der Waals surface area contributed by atoms with Crippen LogP contribution in [0.4, 0.5) is 0 Å². The fraction of sp³-hybridized carbons (Fsp3) is 0.692. The van der Waals surface area contributed by atoms with Crippen molar-refractivity contribution < 1.29 is 90.1 Å². The molecule has 0 aromatic rings. The van der Waals surface area contributed by atoms with E-state index in [0.717, 1.165) is 10.3 Å². The second-order valence-corrected chi connectivity index (χ2v) is 7.30. The van der Waals surface area contributed by atoms with Gasteiger partial charge < -0.3 is 0 Å². The van der Waals surface area contributed by atoms with Gasteiger partial charge in [-0.3, -0.25) is 0 Å². The quantitative estimate of drug-likeness (QED) is 0.280. The second kappa shape index (κ2) is 14.3. The van der Waals surface area contributed by atoms with Crippen molar-refractivity contribution in [2.24, 2.45) is 0 Å². The van der Waals surface area contributed by atoms with Gasteiger partial charge >= 0.3 is 155 Å². The standard InChI is InChI=1S/C11H17I.C2H6.Cs/c1-3-7-10(2)12-11-8-5-4-6-9-11;1-2;/h5,8,10H,3,6-7,9H2,1-2H3;1-2H3;/q-2;;+1. The molecule has 1 aliphatic rings. The maximum Gasteiger partial charge on any atom is 1.00 e. The topological polar surface area (TPSA) is 0 Å². The Balaban J connectivity index is 0. The molecule has 0 heterocycles. The third kappa shape index (κ3) is 11.1. The Labute approximate surface area is 165 Å². The number of allylic oxidation sites excluding steroid dienone is 4. The van der Waals surface area contributed by atoms with Crippen molar-refractivity contribution in [3.8, 4) is 0 Å². The Morgan fingerprint density at radius 1 is 1.47 bits per heavy atom. The van der Waals surface area contributed by atoms with E-state index in [2.05, 4.69) is 32.1 Å². The van der Waals surface area contributed by atoms with Gasteiger partial charge in [0.15, 0.2) is 0 Å². The van der Waals surface area contributed by atoms with Crippen LogP contribution in [0.2, 0.25) is 0 Å². The Bertz CT molecular complexity index is 185. The number of hydrogen-bond donors (Lipinski definition) is 0. The van der Waals surface area contributed by atoms with Gasteiger partial charge in [-0.05, 0) is 0 Å². The van der Waals surface area contributed by atoms with Crippen LogP contribution in [0.1, 0.15) is 53.4 Å². The summed E-state index contributed by atoms with van der Waals surface area (Å²) in [6, 6.07) is 0. The molecule has 84 valence electrons. The first-order chi connectivity index (χ1) is 6.83. The Morgan fingerprint density at radius 3 is 2.60 bits per heavy atom. The molecule has 1 aliphatic carbocycles. The Morgan fingerprint density at radius 2 is 2.13 bits per heavy atom. The van der Waals surface area contributed by atoms with Crippen molar-refractivity contribution in [2.45, 2.75) is 57.3 Å². The van der Waals surface area contributed by atoms with Gasteiger partial charge in [0.2, 0.25) is 0 Å². The van der Waals surface area contributed by atoms with E-state index in [9.17, 15) is 0 Å². The predicted molar refractivity (Wildman–Crippen MR) is 60.8 cm³/mol. The summed E-state index contributed by atoms with van der Waals surface area (Å²) in [7, 11) is 0. The third-order valence-electron chi connectivity index (χ3n) is 1.90. The summed E-state index contributed by atoms with van der Waals surface area (Å²) in [4.78, 5) is 0. The SMILES string of the molecule is CC.CCCC(C)[I-]C1=CC=[C-]CC1.[Cs+]. The summed E-state index contributed by atoms with van der Waals surface area (Å²) in [6.07, 6.45) is 12.8. The summed E-state index contributed by atoms with van der Waals surface area (Å²) in [5.41, 5.74) is 0. The molecule has 0 spiro atoms. The van der Waals surface area contributed by atoms with Crippen molar-refractivity contribution in [1.29, 1.82) is 0 Å². The molecule has 0 nitrogen and oxygen atoms in total. The first kappa shape index (κ1) is 19.6. The van der Waals surface area contributed by atoms with Crippen molar-refractivity contribution in [3.63, 3.8) is 0 Å². The molecule has 0 bridgehead atoms. The molecule has 0 saturated carbocycles. The van der Waals surface area contributed by atoms with Gasteiger partial charge in [-0.15, -0.1) is 0 Å². The van der Waals surface area contributed by atoms with E-state index in [1.807, 2.05) is 13.8 Å². The molecule has 0 aromatic carbocycles. The van der Waals surface area contributed by atoms with Crippen LogP contribution in [0.25, 0.3) is 0 Å². The third-order valence-corrected chi connectivity index (χ3v) is 5.29. The van der Waals surface area contributed by atoms with Crippen molar-refractivity contribution in [1.82, 2.24) is 0 Å². The normalized spacial score (nSPS) is 15.9. The van der Waals surface area contributed by atoms with Crippen molar-refractivity contribution in [3.05, 3.63) is 21.8 Å². The fourth-order valence-corrected chi connectivity index (χ4v) is 4.56. The minimum Gasteiger partial charge on any atom is 1.00 e. The predicted octanol–water partition coefficient (Wildman–Crippen LogP) is -1.67. The first-order valence-electron chi connectivity index (χ1n) is 5.72. The maximum absolute atomic E-state index is 3.24. The van der Waals surface area contributed by atoms with Crippen LogP contribution >= 0.6 is 0 Å². The van der Waals surface area contributed by atoms with Gasteiger partial charge in [0.1, 0.15) is 0 Å². The van der Waals surface area contributed by atoms with Gasteiger partial charge in [-0.2, -0.15) is 0 Å². The van der Waals surface area contributed by atoms with Gasteiger partial charge in [0.25, 0.3) is 0 Å². The van der Waals surface area contributed by atoms with Crippen LogP contribution in [0, 0.1) is 6.08 Å². The number of rotatable bonds is 4.